The Hall–Kier alpha value is -3.37. The summed E-state index contributed by atoms with van der Waals surface area (Å²) in [6.45, 7) is 5.37. The fraction of sp³-hybridized carbons (Fsp3) is 0.467. The van der Waals surface area contributed by atoms with E-state index in [1.807, 2.05) is 12.1 Å². The number of likely N-dealkylation sites (N-methyl/N-ethyl adjacent to an activating group) is 1. The number of likely N-dealkylation sites (tertiary alicyclic amines) is 1. The molecular formula is C30H36F3N5O2. The van der Waals surface area contributed by atoms with Gasteiger partial charge in [-0.15, -0.1) is 0 Å². The first kappa shape index (κ1) is 28.2. The number of fused-ring (bicyclic) bond motifs is 1. The maximum absolute atomic E-state index is 14.3. The minimum absolute atomic E-state index is 0.140. The highest BCUT2D eigenvalue weighted by Crippen LogP contribution is 2.41. The van der Waals surface area contributed by atoms with Crippen molar-refractivity contribution < 1.29 is 17.9 Å². The lowest BCUT2D eigenvalue weighted by Gasteiger charge is -2.36. The molecular weight excluding hydrogens is 519 g/mol. The topological polar surface area (TPSA) is 66.0 Å². The Balaban J connectivity index is 1.56. The van der Waals surface area contributed by atoms with Crippen LogP contribution in [0, 0.1) is 11.3 Å². The third-order valence-electron chi connectivity index (χ3n) is 8.45. The van der Waals surface area contributed by atoms with Crippen molar-refractivity contribution in [1.82, 2.24) is 18.8 Å². The molecule has 1 unspecified atom stereocenters. The molecule has 0 amide bonds. The van der Waals surface area contributed by atoms with E-state index in [4.69, 9.17) is 10.1 Å². The zero-order valence-corrected chi connectivity index (χ0v) is 23.0. The lowest BCUT2D eigenvalue weighted by molar-refractivity contribution is -0.136. The first-order chi connectivity index (χ1) is 19.1. The van der Waals surface area contributed by atoms with Crippen molar-refractivity contribution in [3.8, 4) is 5.69 Å². The molecule has 0 radical (unpaired) electrons. The molecule has 2 aromatic heterocycles. The van der Waals surface area contributed by atoms with Crippen LogP contribution in [-0.2, 0) is 17.5 Å². The Bertz CT molecular complexity index is 1460. The molecule has 1 aromatic carbocycles. The van der Waals surface area contributed by atoms with Gasteiger partial charge in [0, 0.05) is 45.1 Å². The van der Waals surface area contributed by atoms with E-state index in [0.29, 0.717) is 36.2 Å². The van der Waals surface area contributed by atoms with Gasteiger partial charge in [0.1, 0.15) is 5.84 Å². The molecule has 1 saturated carbocycles. The molecule has 5 rings (SSSR count). The molecule has 10 heteroatoms. The van der Waals surface area contributed by atoms with Crippen molar-refractivity contribution >= 4 is 11.4 Å². The third kappa shape index (κ3) is 5.34. The van der Waals surface area contributed by atoms with E-state index in [9.17, 15) is 18.0 Å². The van der Waals surface area contributed by atoms with Gasteiger partial charge in [-0.25, -0.2) is 4.79 Å². The number of amidine groups is 1. The second-order valence-electron chi connectivity index (χ2n) is 11.0. The monoisotopic (exact) mass is 555 g/mol. The van der Waals surface area contributed by atoms with Gasteiger partial charge in [0.15, 0.2) is 0 Å². The van der Waals surface area contributed by atoms with Gasteiger partial charge in [0.25, 0.3) is 0 Å². The van der Waals surface area contributed by atoms with Gasteiger partial charge < -0.3 is 9.64 Å². The first-order valence-corrected chi connectivity index (χ1v) is 13.7. The molecule has 1 saturated heterocycles. The zero-order valence-electron chi connectivity index (χ0n) is 23.0. The molecule has 0 spiro atoms. The molecule has 214 valence electrons. The number of benzene rings is 1. The molecule has 7 nitrogen and oxygen atoms in total. The standard InChI is InChI=1S/C30H36F3N5O2/c1-4-35(2)28(34)27(21-8-5-9-21)22-10-6-11-23(15-22)37-18-26-25(30(31,32)33)14-20(17-38(26)29(37)39)16-36-13-7-12-24(36)19-40-3/h4,6,10-11,14-15,17-18,21,24,27,34H,1,5,7-9,12-13,16,19H2,2-3H3/t24-,27?/m0/s1. The number of aromatic nitrogens is 2. The third-order valence-corrected chi connectivity index (χ3v) is 8.45. The van der Waals surface area contributed by atoms with Crippen molar-refractivity contribution in [3.05, 3.63) is 82.7 Å². The van der Waals surface area contributed by atoms with Crippen LogP contribution >= 0.6 is 0 Å². The summed E-state index contributed by atoms with van der Waals surface area (Å²) in [4.78, 5) is 17.4. The molecule has 2 atom stereocenters. The fourth-order valence-corrected chi connectivity index (χ4v) is 6.08. The van der Waals surface area contributed by atoms with Gasteiger partial charge in [0.2, 0.25) is 0 Å². The summed E-state index contributed by atoms with van der Waals surface area (Å²) < 4.78 is 50.5. The van der Waals surface area contributed by atoms with E-state index in [2.05, 4.69) is 11.5 Å². The van der Waals surface area contributed by atoms with E-state index < -0.39 is 17.4 Å². The number of nitrogens with zero attached hydrogens (tertiary/aromatic N) is 4. The number of imidazole rings is 1. The van der Waals surface area contributed by atoms with Crippen LogP contribution in [0.25, 0.3) is 11.2 Å². The first-order valence-electron chi connectivity index (χ1n) is 13.7. The molecule has 1 N–H and O–H groups in total. The second-order valence-corrected chi connectivity index (χ2v) is 11.0. The van der Waals surface area contributed by atoms with E-state index in [0.717, 1.165) is 54.7 Å². The summed E-state index contributed by atoms with van der Waals surface area (Å²) >= 11 is 0. The smallest absolute Gasteiger partial charge is 0.383 e. The Morgan fingerprint density at radius 2 is 2.00 bits per heavy atom. The molecule has 0 bridgehead atoms. The minimum Gasteiger partial charge on any atom is -0.383 e. The minimum atomic E-state index is -4.63. The predicted octanol–water partition coefficient (Wildman–Crippen LogP) is 5.66. The summed E-state index contributed by atoms with van der Waals surface area (Å²) in [6, 6.07) is 8.56. The van der Waals surface area contributed by atoms with Gasteiger partial charge in [-0.2, -0.15) is 13.2 Å². The molecule has 40 heavy (non-hydrogen) atoms. The summed E-state index contributed by atoms with van der Waals surface area (Å²) in [7, 11) is 3.41. The highest BCUT2D eigenvalue weighted by Gasteiger charge is 2.36. The normalized spacial score (nSPS) is 19.1. The van der Waals surface area contributed by atoms with E-state index in [1.54, 1.807) is 37.4 Å². The van der Waals surface area contributed by atoms with E-state index in [-0.39, 0.29) is 17.5 Å². The van der Waals surface area contributed by atoms with Crippen LogP contribution in [0.2, 0.25) is 0 Å². The van der Waals surface area contributed by atoms with Gasteiger partial charge in [-0.05, 0) is 73.7 Å². The number of hydrogen-bond acceptors (Lipinski definition) is 4. The van der Waals surface area contributed by atoms with Crippen LogP contribution in [0.3, 0.4) is 0 Å². The van der Waals surface area contributed by atoms with Gasteiger partial charge in [-0.1, -0.05) is 25.1 Å². The van der Waals surface area contributed by atoms with Gasteiger partial charge >= 0.3 is 11.9 Å². The van der Waals surface area contributed by atoms with Crippen LogP contribution in [-0.4, -0.2) is 58.0 Å². The van der Waals surface area contributed by atoms with Crippen LogP contribution in [0.4, 0.5) is 13.2 Å². The zero-order chi connectivity index (χ0) is 28.6. The number of ether oxygens (including phenoxy) is 1. The molecule has 3 heterocycles. The number of alkyl halides is 3. The van der Waals surface area contributed by atoms with Gasteiger partial charge in [-0.3, -0.25) is 19.3 Å². The van der Waals surface area contributed by atoms with Crippen LogP contribution in [0.5, 0.6) is 0 Å². The number of rotatable bonds is 9. The molecule has 1 aliphatic carbocycles. The SMILES string of the molecule is C=CN(C)C(=N)C(c1cccc(-n2cc3c(C(F)(F)F)cc(CN4CCC[C@H]4COC)cn3c2=O)c1)C1CCC1. The van der Waals surface area contributed by atoms with Crippen molar-refractivity contribution in [2.75, 3.05) is 27.3 Å². The summed E-state index contributed by atoms with van der Waals surface area (Å²) in [5.41, 5.74) is 0.185. The van der Waals surface area contributed by atoms with Crippen molar-refractivity contribution in [2.45, 2.75) is 56.8 Å². The Labute approximate surface area is 232 Å². The molecule has 2 aliphatic rings. The number of halogens is 3. The number of methoxy groups -OCH3 is 1. The number of nitrogens with one attached hydrogen (secondary N) is 1. The van der Waals surface area contributed by atoms with Crippen molar-refractivity contribution in [2.24, 2.45) is 5.92 Å². The number of pyridine rings is 1. The lowest BCUT2D eigenvalue weighted by Crippen LogP contribution is -2.34. The van der Waals surface area contributed by atoms with Crippen LogP contribution in [0.15, 0.2) is 60.3 Å². The predicted molar refractivity (Wildman–Crippen MR) is 149 cm³/mol. The summed E-state index contributed by atoms with van der Waals surface area (Å²) in [6.07, 6.45) is 4.75. The maximum Gasteiger partial charge on any atom is 0.418 e. The van der Waals surface area contributed by atoms with Gasteiger partial charge in [0.05, 0.1) is 23.4 Å². The average molecular weight is 556 g/mol. The molecule has 1 aliphatic heterocycles. The summed E-state index contributed by atoms with van der Waals surface area (Å²) in [5.74, 6) is 0.508. The Morgan fingerprint density at radius 1 is 1.23 bits per heavy atom. The van der Waals surface area contributed by atoms with E-state index in [1.165, 1.54) is 17.0 Å². The largest absolute Gasteiger partial charge is 0.418 e. The molecule has 2 fully saturated rings. The maximum atomic E-state index is 14.3. The highest BCUT2D eigenvalue weighted by molar-refractivity contribution is 5.87. The van der Waals surface area contributed by atoms with Crippen LogP contribution in [0.1, 0.15) is 54.7 Å². The fourth-order valence-electron chi connectivity index (χ4n) is 6.08. The highest BCUT2D eigenvalue weighted by atomic mass is 19.4. The van der Waals surface area contributed by atoms with E-state index >= 15 is 0 Å². The average Bonchev–Trinajstić information content (AvgIpc) is 3.48. The lowest BCUT2D eigenvalue weighted by atomic mass is 9.72. The quantitative estimate of drug-likeness (QED) is 0.274. The van der Waals surface area contributed by atoms with Crippen molar-refractivity contribution in [1.29, 1.82) is 5.41 Å². The summed E-state index contributed by atoms with van der Waals surface area (Å²) in [5, 5.41) is 8.76. The second kappa shape index (κ2) is 11.2. The molecule has 3 aromatic rings. The van der Waals surface area contributed by atoms with Crippen molar-refractivity contribution in [3.63, 3.8) is 0 Å². The Morgan fingerprint density at radius 3 is 2.65 bits per heavy atom. The number of hydrogen-bond donors (Lipinski definition) is 1. The Kier molecular flexibility index (Phi) is 7.92. The van der Waals surface area contributed by atoms with Crippen LogP contribution < -0.4 is 5.69 Å².